The molecule has 3 heteroatoms. The van der Waals surface area contributed by atoms with Gasteiger partial charge < -0.3 is 4.42 Å². The fourth-order valence-electron chi connectivity index (χ4n) is 1.16. The average Bonchev–Trinajstić information content (AvgIpc) is 2.04. The molecular weight excluding hydrogens is 152 g/mol. The largest absolute Gasteiger partial charge is 0.425 e. The Morgan fingerprint density at radius 3 is 2.92 bits per heavy atom. The number of hydrogen-bond donors (Lipinski definition) is 1. The van der Waals surface area contributed by atoms with Crippen molar-refractivity contribution in [2.75, 3.05) is 0 Å². The number of nitrogens with one attached hydrogen (secondary N) is 1. The average molecular weight is 160 g/mol. The third kappa shape index (κ3) is 0.993. The van der Waals surface area contributed by atoms with E-state index in [9.17, 15) is 0 Å². The van der Waals surface area contributed by atoms with Crippen LogP contribution in [0.5, 0.6) is 0 Å². The van der Waals surface area contributed by atoms with E-state index in [2.05, 4.69) is 4.98 Å². The summed E-state index contributed by atoms with van der Waals surface area (Å²) < 4.78 is 5.05. The smallest absolute Gasteiger partial charge is 0.223 e. The van der Waals surface area contributed by atoms with Crippen molar-refractivity contribution >= 4 is 10.9 Å². The fraction of sp³-hybridized carbons (Fsp3) is 0.111. The second-order valence-electron chi connectivity index (χ2n) is 2.58. The Morgan fingerprint density at radius 1 is 1.33 bits per heavy atom. The molecule has 0 amide bonds. The number of hydrogen-bond acceptors (Lipinski definition) is 3. The minimum Gasteiger partial charge on any atom is -0.425 e. The molecule has 0 saturated carbocycles. The lowest BCUT2D eigenvalue weighted by Gasteiger charge is -1.96. The summed E-state index contributed by atoms with van der Waals surface area (Å²) in [5, 5.41) is 8.25. The number of aryl methyl sites for hydroxylation is 1. The SMILES string of the molecule is Cc1nc2ccccc2c(=N)o1. The van der Waals surface area contributed by atoms with Gasteiger partial charge in [0.2, 0.25) is 5.55 Å². The molecule has 0 bridgehead atoms. The minimum atomic E-state index is 0.179. The first-order chi connectivity index (χ1) is 5.77. The molecule has 0 unspecified atom stereocenters. The number of nitrogens with zero attached hydrogens (tertiary/aromatic N) is 1. The van der Waals surface area contributed by atoms with E-state index in [0.29, 0.717) is 5.89 Å². The van der Waals surface area contributed by atoms with Crippen molar-refractivity contribution in [1.29, 1.82) is 5.41 Å². The minimum absolute atomic E-state index is 0.179. The van der Waals surface area contributed by atoms with Crippen LogP contribution in [-0.4, -0.2) is 4.98 Å². The maximum absolute atomic E-state index is 7.50. The van der Waals surface area contributed by atoms with E-state index in [1.165, 1.54) is 0 Å². The highest BCUT2D eigenvalue weighted by Gasteiger charge is 1.97. The van der Waals surface area contributed by atoms with Crippen LogP contribution in [0, 0.1) is 12.3 Å². The van der Waals surface area contributed by atoms with Crippen LogP contribution in [0.15, 0.2) is 28.7 Å². The van der Waals surface area contributed by atoms with Gasteiger partial charge in [0.25, 0.3) is 0 Å². The van der Waals surface area contributed by atoms with Crippen LogP contribution in [0.1, 0.15) is 5.89 Å². The molecule has 0 aliphatic heterocycles. The van der Waals surface area contributed by atoms with Gasteiger partial charge in [-0.05, 0) is 12.1 Å². The number of benzene rings is 1. The van der Waals surface area contributed by atoms with E-state index in [1.807, 2.05) is 24.3 Å². The van der Waals surface area contributed by atoms with Crippen LogP contribution >= 0.6 is 0 Å². The van der Waals surface area contributed by atoms with Crippen molar-refractivity contribution in [3.8, 4) is 0 Å². The first-order valence-corrected chi connectivity index (χ1v) is 3.68. The molecule has 0 spiro atoms. The molecule has 1 N–H and O–H groups in total. The van der Waals surface area contributed by atoms with E-state index in [1.54, 1.807) is 6.92 Å². The Labute approximate surface area is 69.2 Å². The lowest BCUT2D eigenvalue weighted by molar-refractivity contribution is 0.447. The third-order valence-electron chi connectivity index (χ3n) is 1.68. The lowest BCUT2D eigenvalue weighted by Crippen LogP contribution is -2.02. The Kier molecular flexibility index (Phi) is 1.43. The Bertz CT molecular complexity index is 473. The number of rotatable bonds is 0. The normalized spacial score (nSPS) is 10.4. The molecule has 60 valence electrons. The molecular formula is C9H8N2O. The van der Waals surface area contributed by atoms with Crippen molar-refractivity contribution in [3.05, 3.63) is 35.7 Å². The molecule has 1 heterocycles. The summed E-state index contributed by atoms with van der Waals surface area (Å²) in [4.78, 5) is 4.15. The van der Waals surface area contributed by atoms with Gasteiger partial charge in [0.15, 0.2) is 5.89 Å². The standard InChI is InChI=1S/C9H8N2O/c1-6-11-8-5-3-2-4-7(8)9(10)12-6/h2-5,10H,1H3. The number of aromatic nitrogens is 1. The Morgan fingerprint density at radius 2 is 2.08 bits per heavy atom. The molecule has 2 rings (SSSR count). The van der Waals surface area contributed by atoms with E-state index in [-0.39, 0.29) is 5.55 Å². The van der Waals surface area contributed by atoms with Gasteiger partial charge in [0, 0.05) is 6.92 Å². The van der Waals surface area contributed by atoms with Crippen LogP contribution in [0.2, 0.25) is 0 Å². The van der Waals surface area contributed by atoms with E-state index in [0.717, 1.165) is 10.9 Å². The molecule has 0 atom stereocenters. The Hall–Kier alpha value is -1.64. The Balaban J connectivity index is 2.99. The summed E-state index contributed by atoms with van der Waals surface area (Å²) in [6.07, 6.45) is 0. The van der Waals surface area contributed by atoms with Crippen LogP contribution in [0.25, 0.3) is 10.9 Å². The first kappa shape index (κ1) is 7.03. The summed E-state index contributed by atoms with van der Waals surface area (Å²) in [5.74, 6) is 0.527. The van der Waals surface area contributed by atoms with Crippen molar-refractivity contribution in [3.63, 3.8) is 0 Å². The topological polar surface area (TPSA) is 49.9 Å². The molecule has 0 aliphatic rings. The third-order valence-corrected chi connectivity index (χ3v) is 1.68. The zero-order valence-electron chi connectivity index (χ0n) is 6.66. The summed E-state index contributed by atoms with van der Waals surface area (Å²) in [7, 11) is 0. The van der Waals surface area contributed by atoms with Crippen LogP contribution in [0.4, 0.5) is 0 Å². The molecule has 0 fully saturated rings. The van der Waals surface area contributed by atoms with Gasteiger partial charge in [-0.15, -0.1) is 0 Å². The van der Waals surface area contributed by atoms with Crippen molar-refractivity contribution in [1.82, 2.24) is 4.98 Å². The molecule has 0 radical (unpaired) electrons. The van der Waals surface area contributed by atoms with Gasteiger partial charge in [-0.3, -0.25) is 5.41 Å². The highest BCUT2D eigenvalue weighted by atomic mass is 16.3. The van der Waals surface area contributed by atoms with Gasteiger partial charge in [-0.1, -0.05) is 12.1 Å². The lowest BCUT2D eigenvalue weighted by atomic mass is 10.2. The first-order valence-electron chi connectivity index (χ1n) is 3.68. The number of para-hydroxylation sites is 1. The molecule has 2 aromatic rings. The highest BCUT2D eigenvalue weighted by molar-refractivity contribution is 5.76. The molecule has 1 aromatic heterocycles. The quantitative estimate of drug-likeness (QED) is 0.636. The summed E-state index contributed by atoms with van der Waals surface area (Å²) in [6, 6.07) is 7.46. The molecule has 3 nitrogen and oxygen atoms in total. The maximum Gasteiger partial charge on any atom is 0.223 e. The monoisotopic (exact) mass is 160 g/mol. The summed E-state index contributed by atoms with van der Waals surface area (Å²) in [5.41, 5.74) is 0.990. The molecule has 1 aromatic carbocycles. The zero-order valence-corrected chi connectivity index (χ0v) is 6.66. The van der Waals surface area contributed by atoms with Crippen molar-refractivity contribution in [2.45, 2.75) is 6.92 Å². The molecule has 12 heavy (non-hydrogen) atoms. The molecule has 0 saturated heterocycles. The van der Waals surface area contributed by atoms with E-state index < -0.39 is 0 Å². The van der Waals surface area contributed by atoms with Gasteiger partial charge >= 0.3 is 0 Å². The predicted octanol–water partition coefficient (Wildman–Crippen LogP) is 1.62. The van der Waals surface area contributed by atoms with Crippen LogP contribution < -0.4 is 5.55 Å². The van der Waals surface area contributed by atoms with E-state index >= 15 is 0 Å². The van der Waals surface area contributed by atoms with Gasteiger partial charge in [-0.2, -0.15) is 0 Å². The summed E-state index contributed by atoms with van der Waals surface area (Å²) in [6.45, 7) is 1.74. The van der Waals surface area contributed by atoms with Crippen LogP contribution in [-0.2, 0) is 0 Å². The van der Waals surface area contributed by atoms with Gasteiger partial charge in [-0.25, -0.2) is 4.98 Å². The molecule has 0 aliphatic carbocycles. The maximum atomic E-state index is 7.50. The predicted molar refractivity (Wildman–Crippen MR) is 44.6 cm³/mol. The second kappa shape index (κ2) is 2.44. The van der Waals surface area contributed by atoms with Crippen LogP contribution in [0.3, 0.4) is 0 Å². The van der Waals surface area contributed by atoms with Crippen molar-refractivity contribution in [2.24, 2.45) is 0 Å². The van der Waals surface area contributed by atoms with Gasteiger partial charge in [0.05, 0.1) is 10.9 Å². The van der Waals surface area contributed by atoms with E-state index in [4.69, 9.17) is 9.83 Å². The highest BCUT2D eigenvalue weighted by Crippen LogP contribution is 2.05. The van der Waals surface area contributed by atoms with Gasteiger partial charge in [0.1, 0.15) is 0 Å². The second-order valence-corrected chi connectivity index (χ2v) is 2.58. The number of fused-ring (bicyclic) bond motifs is 1. The zero-order chi connectivity index (χ0) is 8.55. The van der Waals surface area contributed by atoms with Crippen molar-refractivity contribution < 1.29 is 4.42 Å². The fourth-order valence-corrected chi connectivity index (χ4v) is 1.16. The summed E-state index contributed by atoms with van der Waals surface area (Å²) >= 11 is 0.